The summed E-state index contributed by atoms with van der Waals surface area (Å²) in [4.78, 5) is 53.7. The molecule has 4 aromatic rings. The number of amides is 2. The number of ether oxygens (including phenoxy) is 2. The van der Waals surface area contributed by atoms with Gasteiger partial charge in [-0.2, -0.15) is 0 Å². The number of nitrogens with zero attached hydrogens (tertiary/aromatic N) is 1. The van der Waals surface area contributed by atoms with Gasteiger partial charge in [-0.15, -0.1) is 0 Å². The molecule has 39 heavy (non-hydrogen) atoms. The Kier molecular flexibility index (Phi) is 7.19. The van der Waals surface area contributed by atoms with Crippen molar-refractivity contribution in [3.8, 4) is 5.75 Å². The van der Waals surface area contributed by atoms with Crippen LogP contribution in [0.25, 0.3) is 0 Å². The number of methoxy groups -OCH3 is 1. The topological polar surface area (TPSA) is 90.0 Å². The molecule has 9 heteroatoms. The normalized spacial score (nSPS) is 13.2. The number of imide groups is 1. The fourth-order valence-corrected chi connectivity index (χ4v) is 4.66. The number of hydrogen-bond acceptors (Lipinski definition) is 6. The monoisotopic (exact) mass is 559 g/mol. The Morgan fingerprint density at radius 3 is 1.97 bits per heavy atom. The first kappa shape index (κ1) is 26.2. The van der Waals surface area contributed by atoms with E-state index in [0.29, 0.717) is 16.1 Å². The molecular formula is C30H19Cl2NO6. The summed E-state index contributed by atoms with van der Waals surface area (Å²) < 4.78 is 11.1. The van der Waals surface area contributed by atoms with Crippen molar-refractivity contribution in [2.75, 3.05) is 12.0 Å². The zero-order chi connectivity index (χ0) is 27.7. The van der Waals surface area contributed by atoms with Crippen molar-refractivity contribution in [2.24, 2.45) is 0 Å². The van der Waals surface area contributed by atoms with Crippen molar-refractivity contribution in [3.05, 3.63) is 129 Å². The lowest BCUT2D eigenvalue weighted by atomic mass is 9.99. The van der Waals surface area contributed by atoms with Gasteiger partial charge in [0.2, 0.25) is 5.78 Å². The van der Waals surface area contributed by atoms with Gasteiger partial charge in [-0.05, 0) is 42.5 Å². The third kappa shape index (κ3) is 4.90. The number of anilines is 1. The van der Waals surface area contributed by atoms with E-state index in [4.69, 9.17) is 32.7 Å². The van der Waals surface area contributed by atoms with E-state index in [1.165, 1.54) is 19.2 Å². The maximum Gasteiger partial charge on any atom is 0.343 e. The highest BCUT2D eigenvalue weighted by Gasteiger charge is 2.38. The lowest BCUT2D eigenvalue weighted by Crippen LogP contribution is -2.30. The molecule has 2 amide bonds. The van der Waals surface area contributed by atoms with E-state index in [0.717, 1.165) is 4.90 Å². The lowest BCUT2D eigenvalue weighted by molar-refractivity contribution is 0.0277. The molecule has 0 spiro atoms. The van der Waals surface area contributed by atoms with Crippen molar-refractivity contribution in [1.29, 1.82) is 0 Å². The molecule has 0 N–H and O–H groups in total. The third-order valence-corrected chi connectivity index (χ3v) is 6.77. The Morgan fingerprint density at radius 2 is 1.38 bits per heavy atom. The fraction of sp³-hybridized carbons (Fsp3) is 0.0667. The Labute approximate surface area is 233 Å². The molecule has 0 fully saturated rings. The summed E-state index contributed by atoms with van der Waals surface area (Å²) in [7, 11) is 1.32. The number of fused-ring (bicyclic) bond motifs is 1. The van der Waals surface area contributed by atoms with Crippen molar-refractivity contribution in [2.45, 2.75) is 6.10 Å². The van der Waals surface area contributed by atoms with Crippen LogP contribution in [0.1, 0.15) is 53.1 Å². The average molecular weight is 560 g/mol. The summed E-state index contributed by atoms with van der Waals surface area (Å²) in [6.45, 7) is 0. The minimum Gasteiger partial charge on any atom is -0.496 e. The SMILES string of the molecule is COc1cc(N2C(=O)c3ccccc3C2=O)c(Cl)cc1C(=O)O[C@@H](C(=O)c1ccc(Cl)cc1)c1ccccc1. The molecule has 0 bridgehead atoms. The summed E-state index contributed by atoms with van der Waals surface area (Å²) in [5.41, 5.74) is 1.20. The highest BCUT2D eigenvalue weighted by atomic mass is 35.5. The van der Waals surface area contributed by atoms with E-state index >= 15 is 0 Å². The van der Waals surface area contributed by atoms with Gasteiger partial charge < -0.3 is 9.47 Å². The highest BCUT2D eigenvalue weighted by molar-refractivity contribution is 6.40. The quantitative estimate of drug-likeness (QED) is 0.144. The number of halogens is 2. The van der Waals surface area contributed by atoms with E-state index in [1.54, 1.807) is 78.9 Å². The second-order valence-electron chi connectivity index (χ2n) is 8.56. The summed E-state index contributed by atoms with van der Waals surface area (Å²) in [5, 5.41) is 0.398. The molecule has 0 aromatic heterocycles. The predicted octanol–water partition coefficient (Wildman–Crippen LogP) is 6.58. The predicted molar refractivity (Wildman–Crippen MR) is 146 cm³/mol. The highest BCUT2D eigenvalue weighted by Crippen LogP contribution is 2.38. The van der Waals surface area contributed by atoms with Gasteiger partial charge in [0.05, 0.1) is 28.9 Å². The van der Waals surface area contributed by atoms with Crippen LogP contribution in [0, 0.1) is 0 Å². The summed E-state index contributed by atoms with van der Waals surface area (Å²) in [5.74, 6) is -2.44. The van der Waals surface area contributed by atoms with E-state index in [1.807, 2.05) is 0 Å². The Morgan fingerprint density at radius 1 is 0.795 bits per heavy atom. The van der Waals surface area contributed by atoms with Crippen LogP contribution < -0.4 is 9.64 Å². The molecule has 1 aliphatic rings. The van der Waals surface area contributed by atoms with Gasteiger partial charge >= 0.3 is 5.97 Å². The number of carbonyl (C=O) groups is 4. The smallest absolute Gasteiger partial charge is 0.343 e. The Balaban J connectivity index is 1.49. The maximum absolute atomic E-state index is 13.4. The van der Waals surface area contributed by atoms with Crippen molar-refractivity contribution < 1.29 is 28.7 Å². The molecule has 1 atom stereocenters. The van der Waals surface area contributed by atoms with Crippen LogP contribution in [0.4, 0.5) is 5.69 Å². The zero-order valence-electron chi connectivity index (χ0n) is 20.4. The maximum atomic E-state index is 13.4. The standard InChI is InChI=1S/C30H19Cl2NO6/c1-38-25-16-24(33-28(35)20-9-5-6-10-21(20)29(33)36)23(32)15-22(25)30(37)39-27(18-7-3-2-4-8-18)26(34)17-11-13-19(31)14-12-17/h2-16,27H,1H3/t27-/m1/s1. The first-order chi connectivity index (χ1) is 18.8. The van der Waals surface area contributed by atoms with E-state index in [2.05, 4.69) is 0 Å². The van der Waals surface area contributed by atoms with Gasteiger partial charge in [0.1, 0.15) is 11.3 Å². The molecule has 1 aliphatic heterocycles. The molecule has 4 aromatic carbocycles. The molecule has 1 heterocycles. The van der Waals surface area contributed by atoms with E-state index in [9.17, 15) is 19.2 Å². The Hall–Kier alpha value is -4.46. The van der Waals surface area contributed by atoms with Crippen molar-refractivity contribution in [1.82, 2.24) is 0 Å². The molecule has 0 aliphatic carbocycles. The van der Waals surface area contributed by atoms with Gasteiger partial charge in [-0.3, -0.25) is 14.4 Å². The van der Waals surface area contributed by atoms with Gasteiger partial charge in [0.15, 0.2) is 6.10 Å². The first-order valence-corrected chi connectivity index (χ1v) is 12.5. The number of carbonyl (C=O) groups excluding carboxylic acids is 4. The molecule has 0 unspecified atom stereocenters. The number of hydrogen-bond donors (Lipinski definition) is 0. The van der Waals surface area contributed by atoms with Gasteiger partial charge in [-0.1, -0.05) is 65.7 Å². The number of rotatable bonds is 7. The molecule has 0 saturated heterocycles. The van der Waals surface area contributed by atoms with E-state index < -0.39 is 29.7 Å². The van der Waals surface area contributed by atoms with E-state index in [-0.39, 0.29) is 33.1 Å². The third-order valence-electron chi connectivity index (χ3n) is 6.22. The van der Waals surface area contributed by atoms with Crippen LogP contribution in [-0.2, 0) is 4.74 Å². The summed E-state index contributed by atoms with van der Waals surface area (Å²) >= 11 is 12.5. The van der Waals surface area contributed by atoms with Crippen LogP contribution in [0.2, 0.25) is 10.0 Å². The molecule has 7 nitrogen and oxygen atoms in total. The number of benzene rings is 4. The van der Waals surface area contributed by atoms with Crippen LogP contribution in [-0.4, -0.2) is 30.7 Å². The summed E-state index contributed by atoms with van der Waals surface area (Å²) in [6, 6.07) is 23.8. The Bertz CT molecular complexity index is 1580. The van der Waals surface area contributed by atoms with Crippen molar-refractivity contribution >= 4 is 52.5 Å². The van der Waals surface area contributed by atoms with Gasteiger partial charge in [0.25, 0.3) is 11.8 Å². The number of ketones is 1. The number of Topliss-reactive ketones (excluding diaryl/α,β-unsaturated/α-hetero) is 1. The average Bonchev–Trinajstić information content (AvgIpc) is 3.21. The van der Waals surface area contributed by atoms with Crippen LogP contribution in [0.5, 0.6) is 5.75 Å². The lowest BCUT2D eigenvalue weighted by Gasteiger charge is -2.20. The molecule has 194 valence electrons. The van der Waals surface area contributed by atoms with Crippen LogP contribution in [0.3, 0.4) is 0 Å². The van der Waals surface area contributed by atoms with Crippen LogP contribution >= 0.6 is 23.2 Å². The molecular weight excluding hydrogens is 541 g/mol. The summed E-state index contributed by atoms with van der Waals surface area (Å²) in [6.07, 6.45) is -1.28. The van der Waals surface area contributed by atoms with Gasteiger partial charge in [0, 0.05) is 22.2 Å². The van der Waals surface area contributed by atoms with Gasteiger partial charge in [-0.25, -0.2) is 9.69 Å². The zero-order valence-corrected chi connectivity index (χ0v) is 21.9. The number of esters is 1. The fourth-order valence-electron chi connectivity index (χ4n) is 4.29. The second-order valence-corrected chi connectivity index (χ2v) is 9.41. The second kappa shape index (κ2) is 10.7. The largest absolute Gasteiger partial charge is 0.496 e. The minimum atomic E-state index is -1.28. The molecule has 0 saturated carbocycles. The molecule has 0 radical (unpaired) electrons. The first-order valence-electron chi connectivity index (χ1n) is 11.7. The molecule has 5 rings (SSSR count). The van der Waals surface area contributed by atoms with Crippen molar-refractivity contribution in [3.63, 3.8) is 0 Å². The minimum absolute atomic E-state index is 0.00158. The van der Waals surface area contributed by atoms with Crippen LogP contribution in [0.15, 0.2) is 91.0 Å².